The Bertz CT molecular complexity index is 1240. The topological polar surface area (TPSA) is 91.9 Å². The predicted molar refractivity (Wildman–Crippen MR) is 128 cm³/mol. The molecule has 0 aliphatic carbocycles. The van der Waals surface area contributed by atoms with Gasteiger partial charge in [-0.05, 0) is 42.0 Å². The minimum atomic E-state index is -0.489. The third kappa shape index (κ3) is 6.02. The Morgan fingerprint density at radius 1 is 0.909 bits per heavy atom. The van der Waals surface area contributed by atoms with Gasteiger partial charge < -0.3 is 14.6 Å². The first-order chi connectivity index (χ1) is 16.1. The third-order valence-electron chi connectivity index (χ3n) is 4.81. The summed E-state index contributed by atoms with van der Waals surface area (Å²) < 4.78 is 11.3. The SMILES string of the molecule is O=C(Oc1ccccc1)N(CCOc1ccc(Cc2sc(=O)[nH]c2O)cc1)c1ccccc1. The van der Waals surface area contributed by atoms with Gasteiger partial charge in [0.25, 0.3) is 0 Å². The van der Waals surface area contributed by atoms with Crippen molar-refractivity contribution in [2.45, 2.75) is 6.42 Å². The van der Waals surface area contributed by atoms with Gasteiger partial charge in [-0.15, -0.1) is 0 Å². The van der Waals surface area contributed by atoms with Crippen LogP contribution >= 0.6 is 11.3 Å². The number of aromatic amines is 1. The lowest BCUT2D eigenvalue weighted by Gasteiger charge is -2.22. The van der Waals surface area contributed by atoms with Crippen molar-refractivity contribution in [1.29, 1.82) is 0 Å². The highest BCUT2D eigenvalue weighted by Gasteiger charge is 2.18. The number of aromatic hydroxyl groups is 1. The summed E-state index contributed by atoms with van der Waals surface area (Å²) >= 11 is 0.990. The monoisotopic (exact) mass is 462 g/mol. The molecule has 0 atom stereocenters. The molecule has 0 saturated carbocycles. The third-order valence-corrected chi connectivity index (χ3v) is 5.68. The van der Waals surface area contributed by atoms with Gasteiger partial charge in [0.15, 0.2) is 0 Å². The fraction of sp³-hybridized carbons (Fsp3) is 0.120. The Balaban J connectivity index is 1.37. The van der Waals surface area contributed by atoms with Crippen molar-refractivity contribution in [3.63, 3.8) is 0 Å². The second-order valence-electron chi connectivity index (χ2n) is 7.12. The standard InChI is InChI=1S/C25H22N2O5S/c28-23-22(33-24(29)26-23)17-18-11-13-20(14-12-18)31-16-15-27(19-7-3-1-4-8-19)25(30)32-21-9-5-2-6-10-21/h1-14,28H,15-17H2,(H,26,29). The number of carbonyl (C=O) groups is 1. The molecule has 168 valence electrons. The van der Waals surface area contributed by atoms with Crippen LogP contribution in [0.15, 0.2) is 89.7 Å². The lowest BCUT2D eigenvalue weighted by atomic mass is 10.1. The molecule has 7 nitrogen and oxygen atoms in total. The number of nitrogens with one attached hydrogen (secondary N) is 1. The average molecular weight is 463 g/mol. The molecule has 0 bridgehead atoms. The van der Waals surface area contributed by atoms with E-state index in [0.29, 0.717) is 35.0 Å². The number of H-pyrrole nitrogens is 1. The number of hydrogen-bond acceptors (Lipinski definition) is 6. The molecule has 0 aliphatic rings. The Hall–Kier alpha value is -4.04. The number of thiazole rings is 1. The maximum absolute atomic E-state index is 12.8. The van der Waals surface area contributed by atoms with Crippen LogP contribution < -0.4 is 19.2 Å². The van der Waals surface area contributed by atoms with E-state index in [0.717, 1.165) is 16.9 Å². The molecule has 0 aliphatic heterocycles. The second-order valence-corrected chi connectivity index (χ2v) is 8.19. The molecule has 4 rings (SSSR count). The van der Waals surface area contributed by atoms with E-state index in [4.69, 9.17) is 9.47 Å². The molecule has 0 spiro atoms. The minimum absolute atomic E-state index is 0.0891. The minimum Gasteiger partial charge on any atom is -0.494 e. The van der Waals surface area contributed by atoms with E-state index >= 15 is 0 Å². The first-order valence-electron chi connectivity index (χ1n) is 10.3. The summed E-state index contributed by atoms with van der Waals surface area (Å²) in [5.41, 5.74) is 1.65. The van der Waals surface area contributed by atoms with Gasteiger partial charge in [-0.1, -0.05) is 59.9 Å². The summed E-state index contributed by atoms with van der Waals surface area (Å²) in [6, 6.07) is 25.6. The first-order valence-corrected chi connectivity index (χ1v) is 11.1. The van der Waals surface area contributed by atoms with Crippen molar-refractivity contribution < 1.29 is 19.4 Å². The van der Waals surface area contributed by atoms with Crippen molar-refractivity contribution >= 4 is 23.1 Å². The van der Waals surface area contributed by atoms with Crippen molar-refractivity contribution in [3.05, 3.63) is 105 Å². The van der Waals surface area contributed by atoms with E-state index in [1.165, 1.54) is 4.90 Å². The van der Waals surface area contributed by atoms with E-state index in [2.05, 4.69) is 4.98 Å². The summed E-state index contributed by atoms with van der Waals surface area (Å²) in [6.45, 7) is 0.557. The van der Waals surface area contributed by atoms with Gasteiger partial charge in [0, 0.05) is 12.1 Å². The van der Waals surface area contributed by atoms with E-state index in [1.54, 1.807) is 24.3 Å². The maximum Gasteiger partial charge on any atom is 0.419 e. The summed E-state index contributed by atoms with van der Waals surface area (Å²) in [4.78, 5) is 28.3. The molecule has 1 heterocycles. The number of rotatable bonds is 8. The van der Waals surface area contributed by atoms with E-state index < -0.39 is 6.09 Å². The number of hydrogen-bond donors (Lipinski definition) is 2. The Morgan fingerprint density at radius 2 is 1.58 bits per heavy atom. The fourth-order valence-corrected chi connectivity index (χ4v) is 3.95. The number of carbonyl (C=O) groups excluding carboxylic acids is 1. The molecule has 0 saturated heterocycles. The molecular weight excluding hydrogens is 440 g/mol. The molecule has 1 amide bonds. The van der Waals surface area contributed by atoms with Gasteiger partial charge in [-0.3, -0.25) is 14.7 Å². The molecule has 4 aromatic rings. The van der Waals surface area contributed by atoms with Crippen LogP contribution in [0.1, 0.15) is 10.4 Å². The zero-order valence-electron chi connectivity index (χ0n) is 17.6. The summed E-state index contributed by atoms with van der Waals surface area (Å²) in [6.07, 6.45) is -0.0422. The lowest BCUT2D eigenvalue weighted by molar-refractivity contribution is 0.205. The van der Waals surface area contributed by atoms with Gasteiger partial charge in [-0.2, -0.15) is 0 Å². The van der Waals surface area contributed by atoms with Crippen LogP contribution in [0.4, 0.5) is 10.5 Å². The zero-order chi connectivity index (χ0) is 23.0. The lowest BCUT2D eigenvalue weighted by Crippen LogP contribution is -2.36. The number of aromatic nitrogens is 1. The zero-order valence-corrected chi connectivity index (χ0v) is 18.5. The van der Waals surface area contributed by atoms with Gasteiger partial charge in [-0.25, -0.2) is 4.79 Å². The van der Waals surface area contributed by atoms with E-state index in [9.17, 15) is 14.7 Å². The van der Waals surface area contributed by atoms with Crippen LogP contribution in [0, 0.1) is 0 Å². The molecule has 0 unspecified atom stereocenters. The second kappa shape index (κ2) is 10.5. The molecule has 33 heavy (non-hydrogen) atoms. The van der Waals surface area contributed by atoms with Crippen LogP contribution in [0.5, 0.6) is 17.4 Å². The van der Waals surface area contributed by atoms with E-state index in [1.807, 2.05) is 60.7 Å². The largest absolute Gasteiger partial charge is 0.494 e. The Labute approximate surface area is 194 Å². The van der Waals surface area contributed by atoms with E-state index in [-0.39, 0.29) is 17.4 Å². The van der Waals surface area contributed by atoms with Crippen LogP contribution in [0.2, 0.25) is 0 Å². The predicted octanol–water partition coefficient (Wildman–Crippen LogP) is 4.82. The molecule has 1 aromatic heterocycles. The number of ether oxygens (including phenoxy) is 2. The normalized spacial score (nSPS) is 10.5. The van der Waals surface area contributed by atoms with Crippen molar-refractivity contribution in [3.8, 4) is 17.4 Å². The number of benzene rings is 3. The Morgan fingerprint density at radius 3 is 2.21 bits per heavy atom. The molecule has 2 N–H and O–H groups in total. The van der Waals surface area contributed by atoms with Crippen LogP contribution in [-0.2, 0) is 6.42 Å². The Kier molecular flexibility index (Phi) is 7.06. The van der Waals surface area contributed by atoms with Gasteiger partial charge >= 0.3 is 11.0 Å². The van der Waals surface area contributed by atoms with Crippen LogP contribution in [0.25, 0.3) is 0 Å². The van der Waals surface area contributed by atoms with Crippen molar-refractivity contribution in [2.24, 2.45) is 0 Å². The average Bonchev–Trinajstić information content (AvgIpc) is 3.15. The highest BCUT2D eigenvalue weighted by molar-refractivity contribution is 7.09. The number of para-hydroxylation sites is 2. The summed E-state index contributed by atoms with van der Waals surface area (Å²) in [5.74, 6) is 1.03. The molecular formula is C25H22N2O5S. The van der Waals surface area contributed by atoms with Crippen LogP contribution in [-0.4, -0.2) is 29.3 Å². The molecule has 8 heteroatoms. The molecule has 3 aromatic carbocycles. The van der Waals surface area contributed by atoms with Crippen molar-refractivity contribution in [2.75, 3.05) is 18.1 Å². The highest BCUT2D eigenvalue weighted by Crippen LogP contribution is 2.22. The van der Waals surface area contributed by atoms with Crippen LogP contribution in [0.3, 0.4) is 0 Å². The van der Waals surface area contributed by atoms with Gasteiger partial charge in [0.1, 0.15) is 18.1 Å². The highest BCUT2D eigenvalue weighted by atomic mass is 32.1. The smallest absolute Gasteiger partial charge is 0.419 e. The number of nitrogens with zero attached hydrogens (tertiary/aromatic N) is 1. The summed E-state index contributed by atoms with van der Waals surface area (Å²) in [7, 11) is 0. The van der Waals surface area contributed by atoms with Gasteiger partial charge in [0.05, 0.1) is 11.4 Å². The van der Waals surface area contributed by atoms with Crippen molar-refractivity contribution in [1.82, 2.24) is 4.98 Å². The molecule has 0 radical (unpaired) electrons. The maximum atomic E-state index is 12.8. The number of anilines is 1. The van der Waals surface area contributed by atoms with Gasteiger partial charge in [0.2, 0.25) is 5.88 Å². The summed E-state index contributed by atoms with van der Waals surface area (Å²) in [5, 5.41) is 9.74. The molecule has 0 fully saturated rings. The number of amides is 1. The quantitative estimate of drug-likeness (QED) is 0.392. The first kappa shape index (κ1) is 22.2. The fourth-order valence-electron chi connectivity index (χ4n) is 3.19.